The van der Waals surface area contributed by atoms with E-state index in [9.17, 15) is 0 Å². The summed E-state index contributed by atoms with van der Waals surface area (Å²) in [4.78, 5) is 0. The van der Waals surface area contributed by atoms with Gasteiger partial charge in [0.05, 0.1) is 0 Å². The summed E-state index contributed by atoms with van der Waals surface area (Å²) in [5.74, 6) is 3.03. The van der Waals surface area contributed by atoms with E-state index in [1.165, 1.54) is 116 Å². The van der Waals surface area contributed by atoms with E-state index in [0.717, 1.165) is 17.8 Å². The molecule has 0 radical (unpaired) electrons. The highest BCUT2D eigenvalue weighted by molar-refractivity contribution is 4.87. The molecule has 0 atom stereocenters. The Morgan fingerprint density at radius 2 is 0.815 bits per heavy atom. The third-order valence-corrected chi connectivity index (χ3v) is 6.78. The predicted molar refractivity (Wildman–Crippen MR) is 124 cm³/mol. The minimum absolute atomic E-state index is 0.983. The van der Waals surface area contributed by atoms with Crippen molar-refractivity contribution in [3.05, 3.63) is 24.8 Å². The summed E-state index contributed by atoms with van der Waals surface area (Å²) in [6.45, 7) is 7.75. The van der Waals surface area contributed by atoms with Gasteiger partial charge in [-0.1, -0.05) is 128 Å². The lowest BCUT2D eigenvalue weighted by Crippen LogP contribution is -2.05. The van der Waals surface area contributed by atoms with Crippen molar-refractivity contribution in [2.45, 2.75) is 129 Å². The Bertz CT molecular complexity index is 313. The second-order valence-electron chi connectivity index (χ2n) is 8.98. The maximum atomic E-state index is 3.75. The zero-order valence-electron chi connectivity index (χ0n) is 18.9. The first-order chi connectivity index (χ1) is 13.4. The minimum atomic E-state index is 0.983. The topological polar surface area (TPSA) is 0 Å². The molecule has 3 aliphatic rings. The van der Waals surface area contributed by atoms with Gasteiger partial charge in [-0.05, 0) is 37.0 Å². The summed E-state index contributed by atoms with van der Waals surface area (Å²) >= 11 is 0. The molecule has 0 aromatic carbocycles. The summed E-state index contributed by atoms with van der Waals surface area (Å²) in [5, 5.41) is 0. The van der Waals surface area contributed by atoms with E-state index in [0.29, 0.717) is 0 Å². The van der Waals surface area contributed by atoms with Crippen LogP contribution in [0.5, 0.6) is 0 Å². The van der Waals surface area contributed by atoms with Crippen LogP contribution in [0.4, 0.5) is 0 Å². The fourth-order valence-electron chi connectivity index (χ4n) is 5.08. The quantitative estimate of drug-likeness (QED) is 0.406. The van der Waals surface area contributed by atoms with Crippen molar-refractivity contribution < 1.29 is 0 Å². The van der Waals surface area contributed by atoms with Gasteiger partial charge in [-0.25, -0.2) is 0 Å². The Balaban J connectivity index is 0.000000282. The largest absolute Gasteiger partial charge is 0.103 e. The third kappa shape index (κ3) is 12.5. The Kier molecular flexibility index (Phi) is 16.0. The van der Waals surface area contributed by atoms with E-state index in [2.05, 4.69) is 24.8 Å². The standard InChI is InChI=1S/C16H28.C9H16.C2H6/c1-3-9-15(10-4-1)13-7-8-14-16-11-5-2-6-12-16;1-2-6-9-7-4-3-5-8-9;1-2/h7-8,15-16H,1-6,9-14H2;2,9H,1,3-8H2;1-2H3. The molecule has 0 aromatic rings. The predicted octanol–water partition coefficient (Wildman–Crippen LogP) is 9.65. The summed E-state index contributed by atoms with van der Waals surface area (Å²) in [5.41, 5.74) is 0. The van der Waals surface area contributed by atoms with E-state index in [1.807, 2.05) is 13.8 Å². The number of allylic oxidation sites excluding steroid dienone is 3. The molecular formula is C27H50. The first-order valence-electron chi connectivity index (χ1n) is 12.6. The molecule has 0 bridgehead atoms. The lowest BCUT2D eigenvalue weighted by molar-refractivity contribution is 0.355. The van der Waals surface area contributed by atoms with Crippen LogP contribution in [0, 0.1) is 17.8 Å². The molecule has 0 amide bonds. The fourth-order valence-corrected chi connectivity index (χ4v) is 5.08. The van der Waals surface area contributed by atoms with Gasteiger partial charge in [0.1, 0.15) is 0 Å². The monoisotopic (exact) mass is 374 g/mol. The van der Waals surface area contributed by atoms with Crippen LogP contribution in [0.2, 0.25) is 0 Å². The van der Waals surface area contributed by atoms with Gasteiger partial charge in [0.2, 0.25) is 0 Å². The molecule has 0 heteroatoms. The molecular weight excluding hydrogens is 324 g/mol. The van der Waals surface area contributed by atoms with Crippen LogP contribution in [0.1, 0.15) is 129 Å². The molecule has 0 N–H and O–H groups in total. The minimum Gasteiger partial charge on any atom is -0.103 e. The van der Waals surface area contributed by atoms with Crippen molar-refractivity contribution in [1.29, 1.82) is 0 Å². The van der Waals surface area contributed by atoms with Crippen molar-refractivity contribution >= 4 is 0 Å². The van der Waals surface area contributed by atoms with E-state index in [-0.39, 0.29) is 0 Å². The Hall–Kier alpha value is -0.520. The molecule has 27 heavy (non-hydrogen) atoms. The van der Waals surface area contributed by atoms with E-state index in [4.69, 9.17) is 0 Å². The fraction of sp³-hybridized carbons (Fsp3) is 0.852. The van der Waals surface area contributed by atoms with Gasteiger partial charge in [0.25, 0.3) is 0 Å². The maximum Gasteiger partial charge on any atom is -0.0322 e. The highest BCUT2D eigenvalue weighted by Gasteiger charge is 2.13. The molecule has 3 saturated carbocycles. The van der Waals surface area contributed by atoms with Crippen molar-refractivity contribution in [2.75, 3.05) is 0 Å². The van der Waals surface area contributed by atoms with Gasteiger partial charge < -0.3 is 0 Å². The van der Waals surface area contributed by atoms with Gasteiger partial charge in [-0.2, -0.15) is 0 Å². The molecule has 0 heterocycles. The SMILES string of the molecule is C(=CCC1CCCCC1)CC1CCCCC1.C=CCC1CCCCC1.CC. The molecule has 0 aliphatic heterocycles. The van der Waals surface area contributed by atoms with Gasteiger partial charge in [-0.15, -0.1) is 6.58 Å². The highest BCUT2D eigenvalue weighted by Crippen LogP contribution is 2.29. The molecule has 0 saturated heterocycles. The second kappa shape index (κ2) is 17.6. The number of hydrogen-bond acceptors (Lipinski definition) is 0. The molecule has 158 valence electrons. The zero-order valence-corrected chi connectivity index (χ0v) is 18.9. The molecule has 3 rings (SSSR count). The zero-order chi connectivity index (χ0) is 19.6. The van der Waals surface area contributed by atoms with Crippen molar-refractivity contribution in [2.24, 2.45) is 17.8 Å². The van der Waals surface area contributed by atoms with Crippen molar-refractivity contribution in [3.63, 3.8) is 0 Å². The summed E-state index contributed by atoms with van der Waals surface area (Å²) < 4.78 is 0. The van der Waals surface area contributed by atoms with Gasteiger partial charge in [-0.3, -0.25) is 0 Å². The van der Waals surface area contributed by atoms with Gasteiger partial charge >= 0.3 is 0 Å². The lowest BCUT2D eigenvalue weighted by Gasteiger charge is -2.21. The van der Waals surface area contributed by atoms with Crippen LogP contribution in [0.25, 0.3) is 0 Å². The lowest BCUT2D eigenvalue weighted by atomic mass is 9.85. The van der Waals surface area contributed by atoms with Crippen LogP contribution >= 0.6 is 0 Å². The molecule has 3 fully saturated rings. The summed E-state index contributed by atoms with van der Waals surface area (Å²) in [6.07, 6.45) is 33.2. The molecule has 0 aromatic heterocycles. The van der Waals surface area contributed by atoms with Crippen molar-refractivity contribution in [3.8, 4) is 0 Å². The highest BCUT2D eigenvalue weighted by atomic mass is 14.2. The molecule has 0 nitrogen and oxygen atoms in total. The van der Waals surface area contributed by atoms with E-state index in [1.54, 1.807) is 0 Å². The third-order valence-electron chi connectivity index (χ3n) is 6.78. The first kappa shape index (κ1) is 24.5. The van der Waals surface area contributed by atoms with Crippen LogP contribution in [0.3, 0.4) is 0 Å². The Morgan fingerprint density at radius 1 is 0.519 bits per heavy atom. The van der Waals surface area contributed by atoms with E-state index < -0.39 is 0 Å². The number of hydrogen-bond donors (Lipinski definition) is 0. The second-order valence-corrected chi connectivity index (χ2v) is 8.98. The Morgan fingerprint density at radius 3 is 1.11 bits per heavy atom. The van der Waals surface area contributed by atoms with Crippen LogP contribution < -0.4 is 0 Å². The average Bonchev–Trinajstić information content (AvgIpc) is 2.76. The summed E-state index contributed by atoms with van der Waals surface area (Å²) in [6, 6.07) is 0. The van der Waals surface area contributed by atoms with Crippen molar-refractivity contribution in [1.82, 2.24) is 0 Å². The van der Waals surface area contributed by atoms with Crippen LogP contribution in [-0.2, 0) is 0 Å². The molecule has 0 unspecified atom stereocenters. The van der Waals surface area contributed by atoms with Crippen LogP contribution in [-0.4, -0.2) is 0 Å². The maximum absolute atomic E-state index is 3.75. The summed E-state index contributed by atoms with van der Waals surface area (Å²) in [7, 11) is 0. The van der Waals surface area contributed by atoms with Gasteiger partial charge in [0, 0.05) is 0 Å². The van der Waals surface area contributed by atoms with Gasteiger partial charge in [0.15, 0.2) is 0 Å². The normalized spacial score (nSPS) is 22.4. The number of rotatable bonds is 6. The first-order valence-corrected chi connectivity index (χ1v) is 12.6. The van der Waals surface area contributed by atoms with E-state index >= 15 is 0 Å². The Labute approximate surface area is 172 Å². The average molecular weight is 375 g/mol. The smallest absolute Gasteiger partial charge is 0.0322 e. The molecule has 3 aliphatic carbocycles. The molecule has 0 spiro atoms. The van der Waals surface area contributed by atoms with Crippen LogP contribution in [0.15, 0.2) is 24.8 Å².